The summed E-state index contributed by atoms with van der Waals surface area (Å²) in [6.07, 6.45) is 0. The Labute approximate surface area is 186 Å². The number of nitrogens with zero attached hydrogens (tertiary/aromatic N) is 4. The van der Waals surface area contributed by atoms with Gasteiger partial charge in [-0.05, 0) is 36.4 Å². The van der Waals surface area contributed by atoms with E-state index in [0.717, 1.165) is 58.0 Å². The average molecular weight is 474 g/mol. The lowest BCUT2D eigenvalue weighted by Crippen LogP contribution is -2.55. The van der Waals surface area contributed by atoms with Gasteiger partial charge in [-0.1, -0.05) is 0 Å². The van der Waals surface area contributed by atoms with Crippen LogP contribution in [0.4, 0.5) is 10.5 Å². The molecule has 0 unspecified atom stereocenters. The number of benzene rings is 2. The van der Waals surface area contributed by atoms with Crippen molar-refractivity contribution >= 4 is 45.2 Å². The number of carbonyl (C=O) groups is 3. The summed E-state index contributed by atoms with van der Waals surface area (Å²) >= 11 is 0. The summed E-state index contributed by atoms with van der Waals surface area (Å²) in [7, 11) is -1.78. The summed E-state index contributed by atoms with van der Waals surface area (Å²) in [4.78, 5) is 50.7. The second-order valence-electron chi connectivity index (χ2n) is 6.67. The molecule has 0 saturated heterocycles. The lowest BCUT2D eigenvalue weighted by molar-refractivity contribution is -0.401. The predicted octanol–water partition coefficient (Wildman–Crippen LogP) is 0.535. The van der Waals surface area contributed by atoms with Gasteiger partial charge < -0.3 is 9.92 Å². The van der Waals surface area contributed by atoms with E-state index in [1.165, 1.54) is 14.1 Å². The van der Waals surface area contributed by atoms with Gasteiger partial charge in [-0.3, -0.25) is 14.9 Å². The zero-order valence-electron chi connectivity index (χ0n) is 17.2. The van der Waals surface area contributed by atoms with E-state index < -0.39 is 38.6 Å². The van der Waals surface area contributed by atoms with Crippen LogP contribution in [0, 0.1) is 10.1 Å². The molecule has 3 rings (SSSR count). The van der Waals surface area contributed by atoms with Crippen molar-refractivity contribution < 1.29 is 36.5 Å². The number of amidine groups is 1. The molecule has 1 aliphatic heterocycles. The molecule has 13 nitrogen and oxygen atoms in total. The van der Waals surface area contributed by atoms with Gasteiger partial charge in [0.1, 0.15) is 10.6 Å². The number of nitrogens with two attached hydrogens (primary N) is 1. The molecule has 0 atom stereocenters. The van der Waals surface area contributed by atoms with Crippen LogP contribution in [0.25, 0.3) is 0 Å². The summed E-state index contributed by atoms with van der Waals surface area (Å²) in [6.45, 7) is 0. The molecule has 33 heavy (non-hydrogen) atoms. The van der Waals surface area contributed by atoms with Crippen LogP contribution in [0.15, 0.2) is 58.4 Å². The second-order valence-corrected chi connectivity index (χ2v) is 8.22. The van der Waals surface area contributed by atoms with Gasteiger partial charge in [0.25, 0.3) is 17.4 Å². The van der Waals surface area contributed by atoms with E-state index >= 15 is 0 Å². The summed E-state index contributed by atoms with van der Waals surface area (Å²) in [5.41, 5.74) is 5.01. The van der Waals surface area contributed by atoms with Gasteiger partial charge in [-0.15, -0.1) is 0 Å². The topological polar surface area (TPSA) is 182 Å². The maximum absolute atomic E-state index is 12.5. The second kappa shape index (κ2) is 8.58. The first kappa shape index (κ1) is 23.2. The van der Waals surface area contributed by atoms with Crippen molar-refractivity contribution in [2.75, 3.05) is 14.1 Å². The number of carbonyl (C=O) groups excluding carboxylic acids is 3. The molecule has 14 heteroatoms. The Balaban J connectivity index is 1.82. The SMILES string of the molecule is CN1C(=O)C(=NC(=O)c2ccc(S(=O)(=O)Oc3ccc([N+](=O)[O-])cc3)cc2)C(N)=[N+](C)C1=O. The van der Waals surface area contributed by atoms with E-state index in [0.29, 0.717) is 0 Å². The highest BCUT2D eigenvalue weighted by atomic mass is 32.2. The van der Waals surface area contributed by atoms with E-state index in [-0.39, 0.29) is 27.7 Å². The van der Waals surface area contributed by atoms with Gasteiger partial charge in [0.15, 0.2) is 0 Å². The smallest absolute Gasteiger partial charge is 0.379 e. The van der Waals surface area contributed by atoms with Crippen LogP contribution in [0.2, 0.25) is 0 Å². The first-order valence-corrected chi connectivity index (χ1v) is 10.4. The van der Waals surface area contributed by atoms with Gasteiger partial charge in [-0.2, -0.15) is 22.9 Å². The molecule has 170 valence electrons. The molecule has 0 saturated carbocycles. The monoisotopic (exact) mass is 474 g/mol. The van der Waals surface area contributed by atoms with Crippen molar-refractivity contribution in [1.82, 2.24) is 4.90 Å². The van der Waals surface area contributed by atoms with Crippen LogP contribution in [-0.2, 0) is 14.9 Å². The standard InChI is InChI=1S/C19H15N5O8S/c1-22-16(20)15(18(26)23(2)19(22)27)21-17(25)11-3-9-14(10-4-11)33(30,31)32-13-7-5-12(6-8-13)24(28)29/h3-10,20H,1-2H3/p+1. The van der Waals surface area contributed by atoms with Crippen LogP contribution >= 0.6 is 0 Å². The molecular weight excluding hydrogens is 458 g/mol. The number of hydrogen-bond acceptors (Lipinski definition) is 9. The minimum absolute atomic E-state index is 0.0559. The Morgan fingerprint density at radius 2 is 1.70 bits per heavy atom. The Kier molecular flexibility index (Phi) is 6.04. The number of amides is 4. The molecule has 2 aromatic rings. The molecule has 0 radical (unpaired) electrons. The molecule has 2 N–H and O–H groups in total. The van der Waals surface area contributed by atoms with Gasteiger partial charge in [0.2, 0.25) is 5.71 Å². The van der Waals surface area contributed by atoms with Crippen molar-refractivity contribution in [1.29, 1.82) is 0 Å². The highest BCUT2D eigenvalue weighted by molar-refractivity contribution is 7.87. The minimum atomic E-state index is -4.30. The molecule has 0 spiro atoms. The largest absolute Gasteiger partial charge is 0.445 e. The number of nitro benzene ring substituents is 1. The van der Waals surface area contributed by atoms with Gasteiger partial charge in [-0.25, -0.2) is 9.59 Å². The summed E-state index contributed by atoms with van der Waals surface area (Å²) < 4.78 is 30.8. The predicted molar refractivity (Wildman–Crippen MR) is 113 cm³/mol. The summed E-state index contributed by atoms with van der Waals surface area (Å²) in [5, 5.41) is 10.7. The van der Waals surface area contributed by atoms with Crippen LogP contribution in [0.3, 0.4) is 0 Å². The van der Waals surface area contributed by atoms with E-state index in [9.17, 15) is 32.9 Å². The Morgan fingerprint density at radius 3 is 2.24 bits per heavy atom. The number of nitro groups is 1. The molecule has 0 aromatic heterocycles. The number of rotatable bonds is 5. The van der Waals surface area contributed by atoms with Crippen molar-refractivity contribution in [3.63, 3.8) is 0 Å². The third-order valence-electron chi connectivity index (χ3n) is 4.54. The van der Waals surface area contributed by atoms with Gasteiger partial charge in [0.05, 0.1) is 19.0 Å². The molecule has 0 bridgehead atoms. The third-order valence-corrected chi connectivity index (χ3v) is 5.80. The van der Waals surface area contributed by atoms with E-state index in [2.05, 4.69) is 4.99 Å². The maximum Gasteiger partial charge on any atom is 0.445 e. The summed E-state index contributed by atoms with van der Waals surface area (Å²) in [6, 6.07) is 8.23. The highest BCUT2D eigenvalue weighted by Gasteiger charge is 2.39. The van der Waals surface area contributed by atoms with E-state index in [4.69, 9.17) is 9.92 Å². The first-order valence-electron chi connectivity index (χ1n) is 9.03. The number of imide groups is 1. The molecule has 0 fully saturated rings. The highest BCUT2D eigenvalue weighted by Crippen LogP contribution is 2.22. The fourth-order valence-corrected chi connectivity index (χ4v) is 3.61. The summed E-state index contributed by atoms with van der Waals surface area (Å²) in [5.74, 6) is -2.19. The minimum Gasteiger partial charge on any atom is -0.379 e. The third kappa shape index (κ3) is 4.59. The van der Waals surface area contributed by atoms with E-state index in [1.807, 2.05) is 0 Å². The Hall–Kier alpha value is -4.46. The van der Waals surface area contributed by atoms with Crippen molar-refractivity contribution in [2.24, 2.45) is 10.7 Å². The van der Waals surface area contributed by atoms with Gasteiger partial charge >= 0.3 is 22.1 Å². The van der Waals surface area contributed by atoms with Crippen molar-refractivity contribution in [3.05, 3.63) is 64.2 Å². The number of hydrogen-bond donors (Lipinski definition) is 1. The Morgan fingerprint density at radius 1 is 1.12 bits per heavy atom. The molecule has 2 aromatic carbocycles. The fraction of sp³-hybridized carbons (Fsp3) is 0.105. The molecular formula is C19H16N5O8S+. The number of non-ortho nitro benzene ring substituents is 1. The van der Waals surface area contributed by atoms with Crippen molar-refractivity contribution in [2.45, 2.75) is 4.90 Å². The lowest BCUT2D eigenvalue weighted by atomic mass is 10.2. The lowest BCUT2D eigenvalue weighted by Gasteiger charge is -2.17. The maximum atomic E-state index is 12.5. The molecule has 1 aliphatic rings. The number of aliphatic imine (C=N–C) groups is 1. The molecule has 0 aliphatic carbocycles. The zero-order valence-corrected chi connectivity index (χ0v) is 18.0. The average Bonchev–Trinajstić information content (AvgIpc) is 2.79. The van der Waals surface area contributed by atoms with Crippen LogP contribution in [-0.4, -0.2) is 66.3 Å². The first-order chi connectivity index (χ1) is 15.4. The van der Waals surface area contributed by atoms with Crippen LogP contribution in [0.5, 0.6) is 5.75 Å². The van der Waals surface area contributed by atoms with Crippen molar-refractivity contribution in [3.8, 4) is 5.75 Å². The molecule has 1 heterocycles. The van der Waals surface area contributed by atoms with E-state index in [1.54, 1.807) is 0 Å². The quantitative estimate of drug-likeness (QED) is 0.280. The van der Waals surface area contributed by atoms with Gasteiger partial charge in [0, 0.05) is 17.7 Å². The van der Waals surface area contributed by atoms with Crippen LogP contribution in [0.1, 0.15) is 10.4 Å². The number of urea groups is 1. The normalized spacial score (nSPS) is 15.7. The fourth-order valence-electron chi connectivity index (χ4n) is 2.68. The molecule has 4 amide bonds. The van der Waals surface area contributed by atoms with Crippen LogP contribution < -0.4 is 9.92 Å². The Bertz CT molecular complexity index is 1350. The zero-order chi connectivity index (χ0) is 24.5.